The maximum absolute atomic E-state index is 12.9. The van der Waals surface area contributed by atoms with Crippen LogP contribution < -0.4 is 15.6 Å². The molecule has 0 unspecified atom stereocenters. The molecule has 0 bridgehead atoms. The molecule has 1 amide bonds. The predicted octanol–water partition coefficient (Wildman–Crippen LogP) is 2.23. The number of carboxylic acid groups (broad SMARTS) is 1. The van der Waals surface area contributed by atoms with Crippen LogP contribution in [0, 0.1) is 5.92 Å². The van der Waals surface area contributed by atoms with Gasteiger partial charge in [-0.3, -0.25) is 18.8 Å². The van der Waals surface area contributed by atoms with Gasteiger partial charge in [-0.15, -0.1) is 0 Å². The van der Waals surface area contributed by atoms with Crippen LogP contribution in [0.2, 0.25) is 0 Å². The van der Waals surface area contributed by atoms with Gasteiger partial charge in [-0.05, 0) is 56.0 Å². The van der Waals surface area contributed by atoms with Gasteiger partial charge >= 0.3 is 5.97 Å². The summed E-state index contributed by atoms with van der Waals surface area (Å²) in [7, 11) is 1.53. The Morgan fingerprint density at radius 1 is 1.21 bits per heavy atom. The fourth-order valence-corrected chi connectivity index (χ4v) is 3.86. The number of aromatic nitrogens is 2. The molecule has 1 aliphatic rings. The van der Waals surface area contributed by atoms with Gasteiger partial charge < -0.3 is 15.2 Å². The van der Waals surface area contributed by atoms with Crippen LogP contribution in [0.15, 0.2) is 41.3 Å². The van der Waals surface area contributed by atoms with Crippen molar-refractivity contribution >= 4 is 28.4 Å². The molecule has 0 spiro atoms. The van der Waals surface area contributed by atoms with Gasteiger partial charge in [0.2, 0.25) is 0 Å². The number of hydrogen-bond acceptors (Lipinski definition) is 5. The van der Waals surface area contributed by atoms with Crippen LogP contribution in [-0.4, -0.2) is 39.5 Å². The van der Waals surface area contributed by atoms with Crippen molar-refractivity contribution in [3.63, 3.8) is 0 Å². The van der Waals surface area contributed by atoms with E-state index in [1.165, 1.54) is 11.5 Å². The second-order valence-electron chi connectivity index (χ2n) is 7.28. The summed E-state index contributed by atoms with van der Waals surface area (Å²) in [5, 5.41) is 12.5. The minimum atomic E-state index is -0.782. The monoisotopic (exact) mass is 395 g/mol. The second kappa shape index (κ2) is 7.54. The van der Waals surface area contributed by atoms with Crippen molar-refractivity contribution in [1.29, 1.82) is 0 Å². The molecule has 0 saturated heterocycles. The first-order valence-corrected chi connectivity index (χ1v) is 9.50. The number of hydrogen-bond donors (Lipinski definition) is 2. The molecule has 0 radical (unpaired) electrons. The van der Waals surface area contributed by atoms with Crippen molar-refractivity contribution in [2.75, 3.05) is 7.11 Å². The van der Waals surface area contributed by atoms with E-state index in [0.717, 1.165) is 0 Å². The van der Waals surface area contributed by atoms with E-state index in [9.17, 15) is 14.4 Å². The van der Waals surface area contributed by atoms with E-state index in [1.807, 2.05) is 0 Å². The highest BCUT2D eigenvalue weighted by molar-refractivity contribution is 6.00. The number of carboxylic acids is 1. The zero-order chi connectivity index (χ0) is 20.5. The zero-order valence-corrected chi connectivity index (χ0v) is 15.9. The lowest BCUT2D eigenvalue weighted by molar-refractivity contribution is -0.142. The smallest absolute Gasteiger partial charge is 0.306 e. The maximum Gasteiger partial charge on any atom is 0.306 e. The van der Waals surface area contributed by atoms with Crippen molar-refractivity contribution in [2.24, 2.45) is 5.92 Å². The number of rotatable bonds is 4. The first kappa shape index (κ1) is 18.9. The number of nitrogens with one attached hydrogen (secondary N) is 1. The summed E-state index contributed by atoms with van der Waals surface area (Å²) in [6.45, 7) is 0. The van der Waals surface area contributed by atoms with Crippen LogP contribution in [0.4, 0.5) is 0 Å². The van der Waals surface area contributed by atoms with E-state index in [-0.39, 0.29) is 29.1 Å². The number of carbonyl (C=O) groups is 2. The average Bonchev–Trinajstić information content (AvgIpc) is 2.73. The van der Waals surface area contributed by atoms with E-state index in [0.29, 0.717) is 47.9 Å². The first-order valence-electron chi connectivity index (χ1n) is 9.50. The van der Waals surface area contributed by atoms with E-state index in [2.05, 4.69) is 10.3 Å². The highest BCUT2D eigenvalue weighted by atomic mass is 16.5. The van der Waals surface area contributed by atoms with Crippen molar-refractivity contribution in [3.8, 4) is 5.75 Å². The molecular formula is C21H21N3O5. The van der Waals surface area contributed by atoms with Crippen LogP contribution in [0.1, 0.15) is 36.0 Å². The molecule has 4 rings (SSSR count). The summed E-state index contributed by atoms with van der Waals surface area (Å²) in [4.78, 5) is 41.4. The quantitative estimate of drug-likeness (QED) is 0.656. The summed E-state index contributed by atoms with van der Waals surface area (Å²) in [6, 6.07) is 8.22. The Kier molecular flexibility index (Phi) is 4.92. The minimum Gasteiger partial charge on any atom is -0.497 e. The third-order valence-electron chi connectivity index (χ3n) is 5.50. The SMILES string of the molecule is COc1ccc2nc3c(C(=O)NC4CCC(C(=O)O)CC4)cccn3c(=O)c2c1. The fraction of sp³-hybridized carbons (Fsp3) is 0.333. The van der Waals surface area contributed by atoms with Gasteiger partial charge in [0.1, 0.15) is 5.75 Å². The molecule has 2 N–H and O–H groups in total. The molecule has 0 aliphatic heterocycles. The Balaban J connectivity index is 1.66. The van der Waals surface area contributed by atoms with Crippen LogP contribution in [-0.2, 0) is 4.79 Å². The number of pyridine rings is 1. The molecule has 8 heteroatoms. The largest absolute Gasteiger partial charge is 0.497 e. The lowest BCUT2D eigenvalue weighted by Crippen LogP contribution is -2.39. The topological polar surface area (TPSA) is 110 Å². The summed E-state index contributed by atoms with van der Waals surface area (Å²) < 4.78 is 6.54. The van der Waals surface area contributed by atoms with Gasteiger partial charge in [0.25, 0.3) is 11.5 Å². The van der Waals surface area contributed by atoms with E-state index in [4.69, 9.17) is 9.84 Å². The summed E-state index contributed by atoms with van der Waals surface area (Å²) >= 11 is 0. The highest BCUT2D eigenvalue weighted by Crippen LogP contribution is 2.25. The molecule has 8 nitrogen and oxygen atoms in total. The second-order valence-corrected chi connectivity index (χ2v) is 7.28. The number of fused-ring (bicyclic) bond motifs is 2. The third-order valence-corrected chi connectivity index (χ3v) is 5.50. The number of amides is 1. The molecule has 1 aliphatic carbocycles. The van der Waals surface area contributed by atoms with Gasteiger partial charge in [-0.2, -0.15) is 0 Å². The summed E-state index contributed by atoms with van der Waals surface area (Å²) in [5.74, 6) is -0.885. The molecule has 1 fully saturated rings. The minimum absolute atomic E-state index is 0.0882. The fourth-order valence-electron chi connectivity index (χ4n) is 3.86. The normalized spacial score (nSPS) is 19.2. The molecule has 0 atom stereocenters. The van der Waals surface area contributed by atoms with Crippen LogP contribution >= 0.6 is 0 Å². The number of nitrogens with zero attached hydrogens (tertiary/aromatic N) is 2. The lowest BCUT2D eigenvalue weighted by atomic mass is 9.86. The molecule has 150 valence electrons. The van der Waals surface area contributed by atoms with Crippen LogP contribution in [0.25, 0.3) is 16.6 Å². The van der Waals surface area contributed by atoms with E-state index < -0.39 is 5.97 Å². The molecule has 2 aromatic heterocycles. The predicted molar refractivity (Wildman–Crippen MR) is 106 cm³/mol. The van der Waals surface area contributed by atoms with Crippen molar-refractivity contribution in [1.82, 2.24) is 14.7 Å². The molecule has 1 aromatic carbocycles. The van der Waals surface area contributed by atoms with E-state index >= 15 is 0 Å². The van der Waals surface area contributed by atoms with Crippen molar-refractivity contribution < 1.29 is 19.4 Å². The number of methoxy groups -OCH3 is 1. The Morgan fingerprint density at radius 2 is 1.97 bits per heavy atom. The molecule has 2 heterocycles. The van der Waals surface area contributed by atoms with Gasteiger partial charge in [0, 0.05) is 12.2 Å². The standard InChI is InChI=1S/C21H21N3O5/c1-29-14-8-9-17-16(11-14)20(26)24-10-2-3-15(18(24)23-17)19(25)22-13-6-4-12(5-7-13)21(27)28/h2-3,8-13H,4-7H2,1H3,(H,22,25)(H,27,28). The first-order chi connectivity index (χ1) is 14.0. The molecule has 3 aromatic rings. The highest BCUT2D eigenvalue weighted by Gasteiger charge is 2.27. The summed E-state index contributed by atoms with van der Waals surface area (Å²) in [6.07, 6.45) is 3.89. The van der Waals surface area contributed by atoms with E-state index in [1.54, 1.807) is 36.5 Å². The van der Waals surface area contributed by atoms with Gasteiger partial charge in [0.15, 0.2) is 5.65 Å². The Labute approximate surface area is 166 Å². The molecule has 1 saturated carbocycles. The van der Waals surface area contributed by atoms with Crippen LogP contribution in [0.5, 0.6) is 5.75 Å². The lowest BCUT2D eigenvalue weighted by Gasteiger charge is -2.26. The van der Waals surface area contributed by atoms with Gasteiger partial charge in [-0.25, -0.2) is 4.98 Å². The zero-order valence-electron chi connectivity index (χ0n) is 15.9. The number of aliphatic carboxylic acids is 1. The Morgan fingerprint density at radius 3 is 2.66 bits per heavy atom. The number of benzene rings is 1. The maximum atomic E-state index is 12.9. The van der Waals surface area contributed by atoms with Gasteiger partial charge in [0.05, 0.1) is 29.5 Å². The average molecular weight is 395 g/mol. The Bertz CT molecular complexity index is 1160. The van der Waals surface area contributed by atoms with Crippen molar-refractivity contribution in [3.05, 3.63) is 52.4 Å². The third kappa shape index (κ3) is 3.53. The van der Waals surface area contributed by atoms with Crippen LogP contribution in [0.3, 0.4) is 0 Å². The molecular weight excluding hydrogens is 374 g/mol. The number of ether oxygens (including phenoxy) is 1. The summed E-state index contributed by atoms with van der Waals surface area (Å²) in [5.41, 5.74) is 0.799. The van der Waals surface area contributed by atoms with Crippen molar-refractivity contribution in [2.45, 2.75) is 31.7 Å². The number of carbonyl (C=O) groups excluding carboxylic acids is 1. The van der Waals surface area contributed by atoms with Gasteiger partial charge in [-0.1, -0.05) is 0 Å². The Hall–Kier alpha value is -3.42. The molecule has 29 heavy (non-hydrogen) atoms.